The maximum atomic E-state index is 6.54. The van der Waals surface area contributed by atoms with E-state index in [9.17, 15) is 0 Å². The van der Waals surface area contributed by atoms with Gasteiger partial charge in [0.1, 0.15) is 34.7 Å². The highest BCUT2D eigenvalue weighted by molar-refractivity contribution is 6.08. The van der Waals surface area contributed by atoms with Crippen LogP contribution in [-0.4, -0.2) is 67.3 Å². The van der Waals surface area contributed by atoms with Gasteiger partial charge in [-0.2, -0.15) is 9.97 Å². The average Bonchev–Trinajstić information content (AvgIpc) is 4.14. The zero-order chi connectivity index (χ0) is 38.8. The first-order valence-corrected chi connectivity index (χ1v) is 19.1. The molecule has 16 nitrogen and oxygen atoms in total. The molecular formula is C44H22N14O2. The molecule has 18 rings (SSSR count). The molecule has 0 atom stereocenters. The molecular weight excluding hydrogens is 757 g/mol. The van der Waals surface area contributed by atoms with Crippen molar-refractivity contribution in [1.82, 2.24) is 67.3 Å². The lowest BCUT2D eigenvalue weighted by atomic mass is 10.2. The predicted molar refractivity (Wildman–Crippen MR) is 223 cm³/mol. The summed E-state index contributed by atoms with van der Waals surface area (Å²) in [6, 6.07) is 25.1. The predicted octanol–water partition coefficient (Wildman–Crippen LogP) is 8.32. The van der Waals surface area contributed by atoms with E-state index in [2.05, 4.69) is 45.5 Å². The molecule has 0 saturated heterocycles. The van der Waals surface area contributed by atoms with Crippen molar-refractivity contribution in [1.29, 1.82) is 0 Å². The van der Waals surface area contributed by atoms with E-state index >= 15 is 0 Å². The molecule has 60 heavy (non-hydrogen) atoms. The lowest BCUT2D eigenvalue weighted by Gasteiger charge is -2.11. The number of rotatable bonds is 0. The molecule has 0 aliphatic carbocycles. The highest BCUT2D eigenvalue weighted by Crippen LogP contribution is 2.36. The molecule has 8 bridgehead atoms. The van der Waals surface area contributed by atoms with Crippen LogP contribution in [-0.2, 0) is 0 Å². The Labute approximate surface area is 333 Å². The largest absolute Gasteiger partial charge is 0.423 e. The van der Waals surface area contributed by atoms with Gasteiger partial charge in [0.2, 0.25) is 0 Å². The smallest absolute Gasteiger partial charge is 0.307 e. The second-order valence-corrected chi connectivity index (χ2v) is 14.9. The minimum Gasteiger partial charge on any atom is -0.423 e. The van der Waals surface area contributed by atoms with E-state index in [0.717, 1.165) is 65.7 Å². The van der Waals surface area contributed by atoms with Crippen LogP contribution in [0.15, 0.2) is 144 Å². The van der Waals surface area contributed by atoms with Gasteiger partial charge in [-0.1, -0.05) is 24.3 Å². The van der Waals surface area contributed by atoms with Gasteiger partial charge in [-0.3, -0.25) is 27.4 Å². The van der Waals surface area contributed by atoms with Gasteiger partial charge in [0.05, 0.1) is 57.9 Å². The summed E-state index contributed by atoms with van der Waals surface area (Å²) in [5, 5.41) is 4.07. The van der Waals surface area contributed by atoms with Gasteiger partial charge in [-0.15, -0.1) is 0 Å². The van der Waals surface area contributed by atoms with Crippen LogP contribution in [0.2, 0.25) is 0 Å². The number of imidazole rings is 2. The summed E-state index contributed by atoms with van der Waals surface area (Å²) in [6.45, 7) is 0. The van der Waals surface area contributed by atoms with Gasteiger partial charge >= 0.3 is 12.0 Å². The molecule has 0 fully saturated rings. The molecule has 0 saturated carbocycles. The van der Waals surface area contributed by atoms with Gasteiger partial charge in [0, 0.05) is 46.3 Å². The lowest BCUT2D eigenvalue weighted by Crippen LogP contribution is -2.04. The van der Waals surface area contributed by atoms with E-state index in [1.165, 1.54) is 0 Å². The Morgan fingerprint density at radius 2 is 0.700 bits per heavy atom. The highest BCUT2D eigenvalue weighted by Gasteiger charge is 2.23. The van der Waals surface area contributed by atoms with Gasteiger partial charge in [-0.25, -0.2) is 29.9 Å². The zero-order valence-electron chi connectivity index (χ0n) is 30.8. The molecule has 280 valence electrons. The summed E-state index contributed by atoms with van der Waals surface area (Å²) in [5.74, 6) is 2.48. The summed E-state index contributed by atoms with van der Waals surface area (Å²) >= 11 is 0. The zero-order valence-corrected chi connectivity index (χ0v) is 30.8. The summed E-state index contributed by atoms with van der Waals surface area (Å²) in [6.07, 6.45) is 18.5. The molecule has 0 amide bonds. The van der Waals surface area contributed by atoms with Crippen LogP contribution in [0.4, 0.5) is 0 Å². The SMILES string of the molecule is c1nc2cnc1-n1cnc3ccc4oc(nc4c31)-n1ccc3ccc4ccn(c4c31)-c1nc3c(ccc4ncn(c43)-c3cnc(cn3)-n3ccc4ccc5ccn-2c5c43)o1. The molecule has 14 aromatic rings. The van der Waals surface area contributed by atoms with E-state index in [1.54, 1.807) is 37.4 Å². The molecule has 0 unspecified atom stereocenters. The minimum atomic E-state index is 0.397. The fourth-order valence-corrected chi connectivity index (χ4v) is 9.02. The third-order valence-electron chi connectivity index (χ3n) is 11.8. The summed E-state index contributed by atoms with van der Waals surface area (Å²) in [7, 11) is 0. The van der Waals surface area contributed by atoms with Crippen LogP contribution in [0.1, 0.15) is 0 Å². The molecule has 4 aliphatic rings. The van der Waals surface area contributed by atoms with Crippen molar-refractivity contribution >= 4 is 87.9 Å². The van der Waals surface area contributed by atoms with Crippen molar-refractivity contribution < 1.29 is 8.83 Å². The Bertz CT molecular complexity index is 3860. The quantitative estimate of drug-likeness (QED) is 0.147. The third kappa shape index (κ3) is 3.79. The Morgan fingerprint density at radius 3 is 1.10 bits per heavy atom. The molecule has 14 heterocycles. The van der Waals surface area contributed by atoms with Gasteiger partial charge in [0.15, 0.2) is 34.4 Å². The van der Waals surface area contributed by atoms with E-state index in [-0.39, 0.29) is 0 Å². The number of nitrogens with zero attached hydrogens (tertiary/aromatic N) is 14. The highest BCUT2D eigenvalue weighted by atomic mass is 16.4. The van der Waals surface area contributed by atoms with Crippen LogP contribution in [0.25, 0.3) is 123 Å². The number of oxazole rings is 2. The molecule has 0 spiro atoms. The standard InChI is InChI=1S/C44H22N14O2/c1-2-24-10-14-54-32-18-48-34(20-46-32)58-22-50-28-6-8-30-36(42(28)58)52-44(60-30)56-16-12-26-4-3-25-11-15-55(39(25)40(26)56)43-51-35-29(59-43)7-5-27-41(35)57(21-49-27)33-19-45-31(17-47-33)53-13-9-23(1)37(53)38(24)54/h1-22H. The van der Waals surface area contributed by atoms with Crippen molar-refractivity contribution in [2.24, 2.45) is 0 Å². The van der Waals surface area contributed by atoms with Gasteiger partial charge in [0.25, 0.3) is 0 Å². The first-order valence-electron chi connectivity index (χ1n) is 19.1. The van der Waals surface area contributed by atoms with E-state index in [1.807, 2.05) is 79.5 Å². The normalized spacial score (nSPS) is 12.7. The summed E-state index contributed by atoms with van der Waals surface area (Å²) < 4.78 is 24.9. The van der Waals surface area contributed by atoms with Crippen molar-refractivity contribution in [3.05, 3.63) is 135 Å². The van der Waals surface area contributed by atoms with E-state index < -0.39 is 0 Å². The topological polar surface area (TPSA) is 159 Å². The Morgan fingerprint density at radius 1 is 0.333 bits per heavy atom. The average molecular weight is 779 g/mol. The number of hydrogen-bond donors (Lipinski definition) is 0. The Balaban J connectivity index is 1.03. The minimum absolute atomic E-state index is 0.397. The Hall–Kier alpha value is -8.92. The van der Waals surface area contributed by atoms with Crippen molar-refractivity contribution in [2.75, 3.05) is 0 Å². The van der Waals surface area contributed by atoms with E-state index in [4.69, 9.17) is 48.7 Å². The number of aromatic nitrogens is 14. The second-order valence-electron chi connectivity index (χ2n) is 14.9. The molecule has 10 aromatic heterocycles. The first-order chi connectivity index (χ1) is 29.7. The van der Waals surface area contributed by atoms with Gasteiger partial charge in [-0.05, 0) is 48.5 Å². The van der Waals surface area contributed by atoms with Crippen LogP contribution in [0, 0.1) is 0 Å². The molecule has 16 heteroatoms. The Kier molecular flexibility index (Phi) is 5.30. The van der Waals surface area contributed by atoms with Crippen molar-refractivity contribution in [2.45, 2.75) is 0 Å². The van der Waals surface area contributed by atoms with Crippen LogP contribution in [0.3, 0.4) is 0 Å². The van der Waals surface area contributed by atoms with Crippen molar-refractivity contribution in [3.8, 4) is 35.3 Å². The lowest BCUT2D eigenvalue weighted by molar-refractivity contribution is 0.566. The van der Waals surface area contributed by atoms with E-state index in [0.29, 0.717) is 57.5 Å². The molecule has 0 radical (unpaired) electrons. The van der Waals surface area contributed by atoms with Crippen molar-refractivity contribution in [3.63, 3.8) is 0 Å². The molecule has 0 N–H and O–H groups in total. The van der Waals surface area contributed by atoms with Crippen LogP contribution in [0.5, 0.6) is 0 Å². The third-order valence-corrected chi connectivity index (χ3v) is 11.8. The van der Waals surface area contributed by atoms with Crippen LogP contribution >= 0.6 is 0 Å². The number of hydrogen-bond acceptors (Lipinski definition) is 10. The molecule has 4 aromatic carbocycles. The molecule has 4 aliphatic heterocycles. The monoisotopic (exact) mass is 778 g/mol. The van der Waals surface area contributed by atoms with Gasteiger partial charge < -0.3 is 8.83 Å². The second kappa shape index (κ2) is 10.5. The van der Waals surface area contributed by atoms with Crippen LogP contribution < -0.4 is 0 Å². The first kappa shape index (κ1) is 30.2. The number of benzene rings is 4. The maximum Gasteiger partial charge on any atom is 0.307 e. The fraction of sp³-hybridized carbons (Fsp3) is 0. The fourth-order valence-electron chi connectivity index (χ4n) is 9.02. The maximum absolute atomic E-state index is 6.54. The summed E-state index contributed by atoms with van der Waals surface area (Å²) in [4.78, 5) is 39.4. The summed E-state index contributed by atoms with van der Waals surface area (Å²) in [5.41, 5.74) is 9.19.